The SMILES string of the molecule is CCOC(=O)C1=C(C)N=c2s/c(=C/c3cc(C(C)C)c(OC)cc3C)c(=O)n2[C@@H]1c1cc(OC)c(OC)c(OC)c1. The molecule has 0 saturated heterocycles. The highest BCUT2D eigenvalue weighted by Crippen LogP contribution is 2.42. The highest BCUT2D eigenvalue weighted by Gasteiger charge is 2.34. The summed E-state index contributed by atoms with van der Waals surface area (Å²) in [5.74, 6) is 1.70. The van der Waals surface area contributed by atoms with Crippen LogP contribution in [0.2, 0.25) is 0 Å². The Labute approximate surface area is 243 Å². The molecule has 0 radical (unpaired) electrons. The Morgan fingerprint density at radius 2 is 1.63 bits per heavy atom. The Balaban J connectivity index is 2.02. The summed E-state index contributed by atoms with van der Waals surface area (Å²) in [6.45, 7) is 9.84. The number of fused-ring (bicyclic) bond motifs is 1. The maximum Gasteiger partial charge on any atom is 0.338 e. The van der Waals surface area contributed by atoms with Gasteiger partial charge >= 0.3 is 5.97 Å². The maximum absolute atomic E-state index is 14.1. The first-order valence-corrected chi connectivity index (χ1v) is 14.1. The summed E-state index contributed by atoms with van der Waals surface area (Å²) in [5, 5.41) is 0. The van der Waals surface area contributed by atoms with Crippen molar-refractivity contribution in [2.75, 3.05) is 35.0 Å². The van der Waals surface area contributed by atoms with E-state index in [0.29, 0.717) is 37.8 Å². The van der Waals surface area contributed by atoms with Crippen molar-refractivity contribution in [1.82, 2.24) is 4.57 Å². The van der Waals surface area contributed by atoms with Gasteiger partial charge in [-0.15, -0.1) is 0 Å². The smallest absolute Gasteiger partial charge is 0.338 e. The molecule has 41 heavy (non-hydrogen) atoms. The van der Waals surface area contributed by atoms with Gasteiger partial charge in [0.15, 0.2) is 16.3 Å². The van der Waals surface area contributed by atoms with E-state index in [1.54, 1.807) is 37.7 Å². The van der Waals surface area contributed by atoms with Crippen LogP contribution in [-0.2, 0) is 9.53 Å². The van der Waals surface area contributed by atoms with Crippen molar-refractivity contribution in [1.29, 1.82) is 0 Å². The van der Waals surface area contributed by atoms with Crippen LogP contribution in [0.4, 0.5) is 0 Å². The molecule has 1 atom stereocenters. The average molecular weight is 581 g/mol. The van der Waals surface area contributed by atoms with E-state index in [1.165, 1.54) is 32.7 Å². The summed E-state index contributed by atoms with van der Waals surface area (Å²) in [6, 6.07) is 6.69. The Hall–Kier alpha value is -4.05. The zero-order chi connectivity index (χ0) is 30.0. The van der Waals surface area contributed by atoms with Crippen LogP contribution in [0.1, 0.15) is 61.9 Å². The molecule has 218 valence electrons. The Morgan fingerprint density at radius 1 is 1.00 bits per heavy atom. The van der Waals surface area contributed by atoms with Crippen LogP contribution in [0, 0.1) is 6.92 Å². The number of hydrogen-bond acceptors (Lipinski definition) is 9. The standard InChI is InChI=1S/C31H36N2O7S/c1-10-40-30(35)26-18(5)32-31-33(27(26)20-13-23(37-7)28(39-9)24(14-20)38-8)29(34)25(41-31)15-19-12-21(16(2)3)22(36-6)11-17(19)4/h11-16,27H,10H2,1-9H3/b25-15+/t27-/m1/s1. The molecular weight excluding hydrogens is 544 g/mol. The number of allylic oxidation sites excluding steroid dienone is 1. The molecule has 0 unspecified atom stereocenters. The number of hydrogen-bond donors (Lipinski definition) is 0. The van der Waals surface area contributed by atoms with E-state index in [-0.39, 0.29) is 23.7 Å². The monoisotopic (exact) mass is 580 g/mol. The van der Waals surface area contributed by atoms with Gasteiger partial charge in [0, 0.05) is 0 Å². The van der Waals surface area contributed by atoms with Crippen LogP contribution in [0.15, 0.2) is 45.3 Å². The van der Waals surface area contributed by atoms with E-state index in [1.807, 2.05) is 19.1 Å². The van der Waals surface area contributed by atoms with Crippen LogP contribution in [0.25, 0.3) is 6.08 Å². The predicted octanol–water partition coefficient (Wildman–Crippen LogP) is 4.26. The van der Waals surface area contributed by atoms with Gasteiger partial charge in [0.05, 0.1) is 56.9 Å². The van der Waals surface area contributed by atoms with Crippen LogP contribution in [0.5, 0.6) is 23.0 Å². The topological polar surface area (TPSA) is 97.6 Å². The fraction of sp³-hybridized carbons (Fsp3) is 0.387. The molecule has 0 fully saturated rings. The first-order chi connectivity index (χ1) is 19.6. The molecule has 0 saturated carbocycles. The summed E-state index contributed by atoms with van der Waals surface area (Å²) in [5.41, 5.74) is 3.98. The lowest BCUT2D eigenvalue weighted by Crippen LogP contribution is -2.40. The number of thiazole rings is 1. The number of aryl methyl sites for hydroxylation is 1. The number of methoxy groups -OCH3 is 4. The van der Waals surface area contributed by atoms with Crippen LogP contribution in [-0.4, -0.2) is 45.6 Å². The maximum atomic E-state index is 14.1. The number of ether oxygens (including phenoxy) is 5. The number of carbonyl (C=O) groups excluding carboxylic acids is 1. The van der Waals surface area contributed by atoms with Crippen molar-refractivity contribution in [3.05, 3.63) is 77.5 Å². The van der Waals surface area contributed by atoms with Crippen LogP contribution in [0.3, 0.4) is 0 Å². The second-order valence-electron chi connectivity index (χ2n) is 9.87. The molecule has 9 nitrogen and oxygen atoms in total. The second-order valence-corrected chi connectivity index (χ2v) is 10.9. The van der Waals surface area contributed by atoms with Gasteiger partial charge in [-0.2, -0.15) is 0 Å². The molecule has 3 aromatic rings. The van der Waals surface area contributed by atoms with Gasteiger partial charge in [0.25, 0.3) is 5.56 Å². The first kappa shape index (κ1) is 29.9. The van der Waals surface area contributed by atoms with Crippen molar-refractivity contribution in [2.45, 2.75) is 46.6 Å². The van der Waals surface area contributed by atoms with Crippen molar-refractivity contribution in [3.63, 3.8) is 0 Å². The number of nitrogens with zero attached hydrogens (tertiary/aromatic N) is 2. The van der Waals surface area contributed by atoms with Crippen LogP contribution < -0.4 is 33.8 Å². The minimum absolute atomic E-state index is 0.178. The van der Waals surface area contributed by atoms with E-state index < -0.39 is 12.0 Å². The quantitative estimate of drug-likeness (QED) is 0.349. The normalized spacial score (nSPS) is 15.0. The van der Waals surface area contributed by atoms with Gasteiger partial charge in [-0.25, -0.2) is 9.79 Å². The van der Waals surface area contributed by atoms with E-state index in [9.17, 15) is 9.59 Å². The van der Waals surface area contributed by atoms with Gasteiger partial charge < -0.3 is 23.7 Å². The molecule has 10 heteroatoms. The predicted molar refractivity (Wildman–Crippen MR) is 158 cm³/mol. The van der Waals surface area contributed by atoms with Crippen molar-refractivity contribution in [3.8, 4) is 23.0 Å². The molecule has 1 aromatic heterocycles. The molecule has 4 rings (SSSR count). The number of carbonyl (C=O) groups is 1. The third kappa shape index (κ3) is 5.48. The number of esters is 1. The first-order valence-electron chi connectivity index (χ1n) is 13.3. The Morgan fingerprint density at radius 3 is 2.17 bits per heavy atom. The zero-order valence-corrected chi connectivity index (χ0v) is 25.7. The fourth-order valence-electron chi connectivity index (χ4n) is 5.01. The average Bonchev–Trinajstić information content (AvgIpc) is 3.25. The van der Waals surface area contributed by atoms with Gasteiger partial charge in [-0.1, -0.05) is 25.2 Å². The highest BCUT2D eigenvalue weighted by molar-refractivity contribution is 7.07. The van der Waals surface area contributed by atoms with E-state index >= 15 is 0 Å². The molecular formula is C31H36N2O7S. The fourth-order valence-corrected chi connectivity index (χ4v) is 6.04. The number of aromatic nitrogens is 1. The molecule has 0 bridgehead atoms. The van der Waals surface area contributed by atoms with Crippen molar-refractivity contribution in [2.24, 2.45) is 4.99 Å². The lowest BCUT2D eigenvalue weighted by Gasteiger charge is -2.26. The number of benzene rings is 2. The van der Waals surface area contributed by atoms with Gasteiger partial charge in [-0.3, -0.25) is 9.36 Å². The molecule has 0 spiro atoms. The van der Waals surface area contributed by atoms with E-state index in [0.717, 1.165) is 22.4 Å². The third-order valence-corrected chi connectivity index (χ3v) is 8.03. The van der Waals surface area contributed by atoms with E-state index in [4.69, 9.17) is 23.7 Å². The molecule has 0 aliphatic carbocycles. The molecule has 1 aliphatic heterocycles. The van der Waals surface area contributed by atoms with Crippen molar-refractivity contribution < 1.29 is 28.5 Å². The number of rotatable bonds is 9. The molecule has 2 heterocycles. The van der Waals surface area contributed by atoms with Gasteiger partial charge in [0.1, 0.15) is 5.75 Å². The minimum atomic E-state index is -0.829. The lowest BCUT2D eigenvalue weighted by atomic mass is 9.95. The summed E-state index contributed by atoms with van der Waals surface area (Å²) < 4.78 is 29.7. The highest BCUT2D eigenvalue weighted by atomic mass is 32.1. The lowest BCUT2D eigenvalue weighted by molar-refractivity contribution is -0.139. The van der Waals surface area contributed by atoms with E-state index in [2.05, 4.69) is 24.9 Å². The summed E-state index contributed by atoms with van der Waals surface area (Å²) in [7, 11) is 6.21. The summed E-state index contributed by atoms with van der Waals surface area (Å²) >= 11 is 1.27. The zero-order valence-electron chi connectivity index (χ0n) is 24.9. The summed E-state index contributed by atoms with van der Waals surface area (Å²) in [4.78, 5) is 32.6. The summed E-state index contributed by atoms with van der Waals surface area (Å²) in [6.07, 6.45) is 1.88. The Bertz CT molecular complexity index is 1670. The Kier molecular flexibility index (Phi) is 8.92. The van der Waals surface area contributed by atoms with Gasteiger partial charge in [-0.05, 0) is 79.3 Å². The second kappa shape index (κ2) is 12.2. The molecule has 0 amide bonds. The van der Waals surface area contributed by atoms with Crippen molar-refractivity contribution >= 4 is 23.4 Å². The molecule has 2 aromatic carbocycles. The minimum Gasteiger partial charge on any atom is -0.496 e. The molecule has 1 aliphatic rings. The van der Waals surface area contributed by atoms with Gasteiger partial charge in [0.2, 0.25) is 5.75 Å². The largest absolute Gasteiger partial charge is 0.496 e. The molecule has 0 N–H and O–H groups in total. The third-order valence-electron chi connectivity index (χ3n) is 7.05. The van der Waals surface area contributed by atoms with Crippen LogP contribution >= 0.6 is 11.3 Å².